The predicted molar refractivity (Wildman–Crippen MR) is 103 cm³/mol. The molecule has 2 rings (SSSR count). The van der Waals surface area contributed by atoms with Crippen molar-refractivity contribution in [3.05, 3.63) is 47.9 Å². The molecule has 0 aliphatic heterocycles. The number of nitrogens with zero attached hydrogens (tertiary/aromatic N) is 2. The molecular weight excluding hydrogens is 421 g/mol. The van der Waals surface area contributed by atoms with Gasteiger partial charge in [0.1, 0.15) is 0 Å². The summed E-state index contributed by atoms with van der Waals surface area (Å²) in [6.07, 6.45) is -2.71. The van der Waals surface area contributed by atoms with Crippen LogP contribution in [0.2, 0.25) is 0 Å². The zero-order valence-electron chi connectivity index (χ0n) is 17.3. The van der Waals surface area contributed by atoms with Crippen LogP contribution in [0.4, 0.5) is 18.0 Å². The summed E-state index contributed by atoms with van der Waals surface area (Å²) < 4.78 is 56.3. The molecule has 0 aliphatic carbocycles. The number of alkyl halides is 3. The van der Waals surface area contributed by atoms with Gasteiger partial charge in [-0.05, 0) is 31.4 Å². The lowest BCUT2D eigenvalue weighted by Gasteiger charge is -2.10. The van der Waals surface area contributed by atoms with Crippen molar-refractivity contribution in [3.8, 4) is 11.4 Å². The molecule has 0 radical (unpaired) electrons. The number of rotatable bonds is 7. The zero-order valence-corrected chi connectivity index (χ0v) is 17.3. The summed E-state index contributed by atoms with van der Waals surface area (Å²) >= 11 is 0. The zero-order chi connectivity index (χ0) is 23.4. The molecule has 8 nitrogen and oxygen atoms in total. The second-order valence-electron chi connectivity index (χ2n) is 6.05. The Kier molecular flexibility index (Phi) is 10.2. The van der Waals surface area contributed by atoms with Gasteiger partial charge in [0.25, 0.3) is 0 Å². The van der Waals surface area contributed by atoms with Crippen molar-refractivity contribution in [3.63, 3.8) is 0 Å². The molecule has 0 unspecified atom stereocenters. The Bertz CT molecular complexity index is 880. The Balaban J connectivity index is 0.000000318. The van der Waals surface area contributed by atoms with Gasteiger partial charge in [-0.25, -0.2) is 9.59 Å². The molecule has 11 heteroatoms. The number of ether oxygens (including phenoxy) is 3. The molecule has 0 atom stereocenters. The van der Waals surface area contributed by atoms with E-state index in [0.717, 1.165) is 12.1 Å². The lowest BCUT2D eigenvalue weighted by Crippen LogP contribution is -2.07. The molecule has 1 aromatic heterocycles. The van der Waals surface area contributed by atoms with Gasteiger partial charge in [-0.2, -0.15) is 18.2 Å². The number of carbonyl (C=O) groups is 2. The smallest absolute Gasteiger partial charge is 0.463 e. The predicted octanol–water partition coefficient (Wildman–Crippen LogP) is 4.65. The molecule has 0 amide bonds. The highest BCUT2D eigenvalue weighted by atomic mass is 19.4. The monoisotopic (exact) mass is 444 g/mol. The van der Waals surface area contributed by atoms with Crippen molar-refractivity contribution in [2.45, 2.75) is 32.9 Å². The van der Waals surface area contributed by atoms with E-state index in [-0.39, 0.29) is 18.0 Å². The number of benzene rings is 1. The Hall–Kier alpha value is -3.37. The Morgan fingerprint density at radius 2 is 1.81 bits per heavy atom. The van der Waals surface area contributed by atoms with Crippen molar-refractivity contribution < 1.29 is 41.5 Å². The highest BCUT2D eigenvalue weighted by molar-refractivity contribution is 5.81. The van der Waals surface area contributed by atoms with Gasteiger partial charge < -0.3 is 18.7 Å². The average Bonchev–Trinajstić information content (AvgIpc) is 3.16. The van der Waals surface area contributed by atoms with Crippen LogP contribution in [0.1, 0.15) is 29.9 Å². The number of carbonyl (C=O) groups excluding carboxylic acids is 2. The lowest BCUT2D eigenvalue weighted by molar-refractivity contribution is -0.138. The molecule has 0 fully saturated rings. The van der Waals surface area contributed by atoms with Gasteiger partial charge in [0.2, 0.25) is 11.7 Å². The fraction of sp³-hybridized carbons (Fsp3) is 0.400. The highest BCUT2D eigenvalue weighted by Gasteiger charge is 2.32. The maximum atomic E-state index is 12.7. The van der Waals surface area contributed by atoms with Gasteiger partial charge in [0, 0.05) is 18.6 Å². The van der Waals surface area contributed by atoms with Crippen molar-refractivity contribution in [2.75, 3.05) is 20.3 Å². The molecule has 1 aromatic carbocycles. The number of hydrogen-bond donors (Lipinski definition) is 0. The average molecular weight is 444 g/mol. The summed E-state index contributed by atoms with van der Waals surface area (Å²) in [6.45, 7) is 6.80. The minimum absolute atomic E-state index is 0.160. The van der Waals surface area contributed by atoms with Crippen molar-refractivity contribution in [2.24, 2.45) is 0 Å². The summed E-state index contributed by atoms with van der Waals surface area (Å²) in [5.41, 5.74) is -0.223. The highest BCUT2D eigenvalue weighted by Crippen LogP contribution is 2.34. The lowest BCUT2D eigenvalue weighted by atomic mass is 10.0. The molecule has 1 heterocycles. The molecule has 0 aliphatic rings. The Morgan fingerprint density at radius 3 is 2.32 bits per heavy atom. The van der Waals surface area contributed by atoms with E-state index in [9.17, 15) is 22.8 Å². The van der Waals surface area contributed by atoms with E-state index in [1.54, 1.807) is 6.92 Å². The third kappa shape index (κ3) is 9.32. The van der Waals surface area contributed by atoms with Gasteiger partial charge in [0.15, 0.2) is 0 Å². The largest absolute Gasteiger partial charge is 0.507 e. The number of aryl methyl sites for hydroxylation is 2. The van der Waals surface area contributed by atoms with Crippen LogP contribution in [0.15, 0.2) is 35.4 Å². The fourth-order valence-corrected chi connectivity index (χ4v) is 2.13. The van der Waals surface area contributed by atoms with Crippen molar-refractivity contribution in [1.29, 1.82) is 0 Å². The van der Waals surface area contributed by atoms with Crippen LogP contribution in [-0.4, -0.2) is 42.6 Å². The molecule has 0 saturated heterocycles. The molecule has 0 N–H and O–H groups in total. The van der Waals surface area contributed by atoms with Crippen LogP contribution in [0.5, 0.6) is 0 Å². The normalized spacial score (nSPS) is 10.5. The van der Waals surface area contributed by atoms with Gasteiger partial charge in [-0.1, -0.05) is 23.9 Å². The van der Waals surface area contributed by atoms with E-state index >= 15 is 0 Å². The maximum Gasteiger partial charge on any atom is 0.507 e. The quantitative estimate of drug-likeness (QED) is 0.346. The minimum atomic E-state index is -4.38. The van der Waals surface area contributed by atoms with Gasteiger partial charge in [-0.15, -0.1) is 0 Å². The first-order valence-corrected chi connectivity index (χ1v) is 9.07. The Labute approximate surface area is 177 Å². The molecule has 0 spiro atoms. The van der Waals surface area contributed by atoms with E-state index in [0.29, 0.717) is 30.9 Å². The first-order chi connectivity index (χ1) is 14.6. The van der Waals surface area contributed by atoms with Crippen LogP contribution in [0, 0.1) is 13.8 Å². The second-order valence-corrected chi connectivity index (χ2v) is 6.05. The number of esters is 1. The topological polar surface area (TPSA) is 101 Å². The second kappa shape index (κ2) is 12.4. The van der Waals surface area contributed by atoms with E-state index in [2.05, 4.69) is 26.2 Å². The number of unbranched alkanes of at least 4 members (excludes halogenated alkanes) is 1. The standard InChI is InChI=1S/C11H9F3N2O.C9H14O5/c1-6-3-4-8(5-9(6)11(12,13)14)10-15-7(2)17-16-10;1-3-8(10)13-6-4-5-7-14-9(11)12-2/h3-5H,1-2H3;3H,1,4-7H2,2H3. The summed E-state index contributed by atoms with van der Waals surface area (Å²) in [4.78, 5) is 24.9. The summed E-state index contributed by atoms with van der Waals surface area (Å²) in [7, 11) is 1.24. The molecule has 170 valence electrons. The number of methoxy groups -OCH3 is 1. The van der Waals surface area contributed by atoms with Crippen LogP contribution >= 0.6 is 0 Å². The first-order valence-electron chi connectivity index (χ1n) is 9.07. The summed E-state index contributed by atoms with van der Waals surface area (Å²) in [5, 5.41) is 3.59. The number of halogens is 3. The summed E-state index contributed by atoms with van der Waals surface area (Å²) in [6, 6.07) is 3.96. The minimum Gasteiger partial charge on any atom is -0.463 e. The fourth-order valence-electron chi connectivity index (χ4n) is 2.13. The number of hydrogen-bond acceptors (Lipinski definition) is 8. The molecular formula is C20H23F3N2O6. The van der Waals surface area contributed by atoms with Crippen LogP contribution < -0.4 is 0 Å². The van der Waals surface area contributed by atoms with E-state index < -0.39 is 23.9 Å². The van der Waals surface area contributed by atoms with Crippen molar-refractivity contribution in [1.82, 2.24) is 10.1 Å². The molecule has 0 saturated carbocycles. The molecule has 0 bridgehead atoms. The summed E-state index contributed by atoms with van der Waals surface area (Å²) in [5.74, 6) is 0.0287. The van der Waals surface area contributed by atoms with Crippen LogP contribution in [-0.2, 0) is 25.2 Å². The number of aromatic nitrogens is 2. The SMILES string of the molecule is C=CC(=O)OCCCCOC(=O)OC.Cc1nc(-c2ccc(C)c(C(F)(F)F)c2)no1. The van der Waals surface area contributed by atoms with E-state index in [4.69, 9.17) is 9.26 Å². The van der Waals surface area contributed by atoms with Crippen LogP contribution in [0.25, 0.3) is 11.4 Å². The van der Waals surface area contributed by atoms with E-state index in [1.807, 2.05) is 0 Å². The van der Waals surface area contributed by atoms with Crippen molar-refractivity contribution >= 4 is 12.1 Å². The van der Waals surface area contributed by atoms with Gasteiger partial charge in [-0.3, -0.25) is 0 Å². The van der Waals surface area contributed by atoms with Gasteiger partial charge >= 0.3 is 18.3 Å². The maximum absolute atomic E-state index is 12.7. The van der Waals surface area contributed by atoms with Gasteiger partial charge in [0.05, 0.1) is 25.9 Å². The molecule has 31 heavy (non-hydrogen) atoms. The van der Waals surface area contributed by atoms with E-state index in [1.165, 1.54) is 26.2 Å². The first kappa shape index (κ1) is 25.7. The third-order valence-corrected chi connectivity index (χ3v) is 3.66. The Morgan fingerprint density at radius 1 is 1.16 bits per heavy atom. The van der Waals surface area contributed by atoms with Crippen LogP contribution in [0.3, 0.4) is 0 Å². The molecule has 2 aromatic rings. The third-order valence-electron chi connectivity index (χ3n) is 3.66.